The second-order valence-corrected chi connectivity index (χ2v) is 6.81. The lowest BCUT2D eigenvalue weighted by Crippen LogP contribution is -2.54. The van der Waals surface area contributed by atoms with Gasteiger partial charge in [-0.1, -0.05) is 30.3 Å². The predicted octanol–water partition coefficient (Wildman–Crippen LogP) is 4.45. The van der Waals surface area contributed by atoms with Crippen LogP contribution in [-0.4, -0.2) is 16.9 Å². The molecule has 30 heavy (non-hydrogen) atoms. The van der Waals surface area contributed by atoms with Crippen molar-refractivity contribution in [3.63, 3.8) is 0 Å². The number of rotatable bonds is 4. The smallest absolute Gasteiger partial charge is 0.270 e. The van der Waals surface area contributed by atoms with Gasteiger partial charge in [0.1, 0.15) is 22.9 Å². The van der Waals surface area contributed by atoms with Crippen LogP contribution in [-0.2, 0) is 9.59 Å². The van der Waals surface area contributed by atoms with E-state index in [1.54, 1.807) is 30.3 Å². The van der Waals surface area contributed by atoms with Crippen LogP contribution in [0.4, 0.5) is 10.1 Å². The SMILES string of the molecule is O=C1NC(=S)N(c2ccc(Oc3ccccc3)cc2)C(=O)/C1=C/c1cccc(F)c1. The third-order valence-corrected chi connectivity index (χ3v) is 4.62. The largest absolute Gasteiger partial charge is 0.457 e. The minimum absolute atomic E-state index is 0.0295. The first-order chi connectivity index (χ1) is 14.5. The molecule has 0 spiro atoms. The van der Waals surface area contributed by atoms with E-state index in [0.717, 1.165) is 0 Å². The van der Waals surface area contributed by atoms with Crippen LogP contribution in [0.15, 0.2) is 84.4 Å². The minimum atomic E-state index is -0.630. The summed E-state index contributed by atoms with van der Waals surface area (Å²) in [4.78, 5) is 26.5. The normalized spacial score (nSPS) is 15.3. The van der Waals surface area contributed by atoms with Gasteiger partial charge in [-0.2, -0.15) is 0 Å². The summed E-state index contributed by atoms with van der Waals surface area (Å²) in [6.45, 7) is 0. The van der Waals surface area contributed by atoms with Crippen molar-refractivity contribution in [1.82, 2.24) is 5.32 Å². The van der Waals surface area contributed by atoms with E-state index in [9.17, 15) is 14.0 Å². The Balaban J connectivity index is 1.60. The third-order valence-electron chi connectivity index (χ3n) is 4.34. The first-order valence-electron chi connectivity index (χ1n) is 9.01. The summed E-state index contributed by atoms with van der Waals surface area (Å²) in [5, 5.41) is 2.47. The van der Waals surface area contributed by atoms with Gasteiger partial charge in [-0.15, -0.1) is 0 Å². The first-order valence-corrected chi connectivity index (χ1v) is 9.42. The molecule has 0 radical (unpaired) electrons. The molecule has 4 rings (SSSR count). The van der Waals surface area contributed by atoms with E-state index in [2.05, 4.69) is 5.32 Å². The molecule has 1 saturated heterocycles. The van der Waals surface area contributed by atoms with E-state index in [0.29, 0.717) is 22.7 Å². The van der Waals surface area contributed by atoms with Crippen molar-refractivity contribution in [3.05, 3.63) is 95.8 Å². The van der Waals surface area contributed by atoms with Gasteiger partial charge >= 0.3 is 0 Å². The summed E-state index contributed by atoms with van der Waals surface area (Å²) < 4.78 is 19.2. The maximum Gasteiger partial charge on any atom is 0.270 e. The molecule has 0 bridgehead atoms. The molecule has 3 aromatic carbocycles. The summed E-state index contributed by atoms with van der Waals surface area (Å²) in [6.07, 6.45) is 1.34. The molecule has 3 aromatic rings. The van der Waals surface area contributed by atoms with Gasteiger partial charge < -0.3 is 4.74 Å². The van der Waals surface area contributed by atoms with Crippen LogP contribution in [0.5, 0.6) is 11.5 Å². The molecule has 1 heterocycles. The Morgan fingerprint density at radius 3 is 2.30 bits per heavy atom. The van der Waals surface area contributed by atoms with Crippen LogP contribution in [0.3, 0.4) is 0 Å². The van der Waals surface area contributed by atoms with Crippen molar-refractivity contribution in [2.75, 3.05) is 4.90 Å². The van der Waals surface area contributed by atoms with Gasteiger partial charge in [0, 0.05) is 0 Å². The second kappa shape index (κ2) is 8.26. The zero-order valence-corrected chi connectivity index (χ0v) is 16.4. The summed E-state index contributed by atoms with van der Waals surface area (Å²) in [6, 6.07) is 21.6. The quantitative estimate of drug-likeness (QED) is 0.386. The number of carbonyl (C=O) groups excluding carboxylic acids is 2. The van der Waals surface area contributed by atoms with Gasteiger partial charge in [0.2, 0.25) is 0 Å². The summed E-state index contributed by atoms with van der Waals surface area (Å²) in [7, 11) is 0. The van der Waals surface area contributed by atoms with Crippen LogP contribution >= 0.6 is 12.2 Å². The number of anilines is 1. The number of para-hydroxylation sites is 1. The van der Waals surface area contributed by atoms with E-state index < -0.39 is 17.6 Å². The van der Waals surface area contributed by atoms with E-state index in [4.69, 9.17) is 17.0 Å². The molecule has 7 heteroatoms. The van der Waals surface area contributed by atoms with E-state index in [1.165, 1.54) is 29.2 Å². The molecule has 1 fully saturated rings. The first kappa shape index (κ1) is 19.5. The Bertz CT molecular complexity index is 1160. The molecule has 0 atom stereocenters. The molecular weight excluding hydrogens is 403 g/mol. The highest BCUT2D eigenvalue weighted by Crippen LogP contribution is 2.27. The lowest BCUT2D eigenvalue weighted by Gasteiger charge is -2.29. The van der Waals surface area contributed by atoms with Gasteiger partial charge in [0.05, 0.1) is 5.69 Å². The van der Waals surface area contributed by atoms with Crippen LogP contribution in [0.1, 0.15) is 5.56 Å². The zero-order valence-electron chi connectivity index (χ0n) is 15.5. The van der Waals surface area contributed by atoms with Crippen LogP contribution in [0.25, 0.3) is 6.08 Å². The molecule has 1 aliphatic rings. The Labute approximate surface area is 177 Å². The number of nitrogens with one attached hydrogen (secondary N) is 1. The minimum Gasteiger partial charge on any atom is -0.457 e. The highest BCUT2D eigenvalue weighted by Gasteiger charge is 2.34. The highest BCUT2D eigenvalue weighted by molar-refractivity contribution is 7.80. The molecular formula is C23H15FN2O3S. The van der Waals surface area contributed by atoms with E-state index in [-0.39, 0.29) is 10.7 Å². The highest BCUT2D eigenvalue weighted by atomic mass is 32.1. The van der Waals surface area contributed by atoms with Crippen molar-refractivity contribution < 1.29 is 18.7 Å². The average molecular weight is 418 g/mol. The van der Waals surface area contributed by atoms with Crippen molar-refractivity contribution >= 4 is 40.9 Å². The molecule has 1 N–H and O–H groups in total. The maximum absolute atomic E-state index is 13.5. The zero-order chi connectivity index (χ0) is 21.1. The number of ether oxygens (including phenoxy) is 1. The van der Waals surface area contributed by atoms with E-state index >= 15 is 0 Å². The number of benzene rings is 3. The molecule has 0 saturated carbocycles. The van der Waals surface area contributed by atoms with Crippen molar-refractivity contribution in [2.24, 2.45) is 0 Å². The van der Waals surface area contributed by atoms with Crippen molar-refractivity contribution in [3.8, 4) is 11.5 Å². The predicted molar refractivity (Wildman–Crippen MR) is 116 cm³/mol. The van der Waals surface area contributed by atoms with Gasteiger partial charge in [-0.3, -0.25) is 19.8 Å². The molecule has 2 amide bonds. The lowest BCUT2D eigenvalue weighted by atomic mass is 10.1. The number of hydrogen-bond acceptors (Lipinski definition) is 4. The van der Waals surface area contributed by atoms with Crippen LogP contribution in [0, 0.1) is 5.82 Å². The maximum atomic E-state index is 13.5. The second-order valence-electron chi connectivity index (χ2n) is 6.42. The Hall–Kier alpha value is -3.84. The van der Waals surface area contributed by atoms with Gasteiger partial charge in [0.25, 0.3) is 11.8 Å². The Morgan fingerprint density at radius 1 is 0.900 bits per heavy atom. The molecule has 0 aliphatic carbocycles. The average Bonchev–Trinajstić information content (AvgIpc) is 2.73. The van der Waals surface area contributed by atoms with Crippen molar-refractivity contribution in [1.29, 1.82) is 0 Å². The fourth-order valence-electron chi connectivity index (χ4n) is 2.94. The number of thiocarbonyl (C=S) groups is 1. The summed E-state index contributed by atoms with van der Waals surface area (Å²) in [5.74, 6) is -0.420. The number of carbonyl (C=O) groups is 2. The number of nitrogens with zero attached hydrogens (tertiary/aromatic N) is 1. The number of amides is 2. The summed E-state index contributed by atoms with van der Waals surface area (Å²) in [5.41, 5.74) is 0.724. The van der Waals surface area contributed by atoms with Crippen molar-refractivity contribution in [2.45, 2.75) is 0 Å². The van der Waals surface area contributed by atoms with Gasteiger partial charge in [-0.05, 0) is 72.4 Å². The van der Waals surface area contributed by atoms with Gasteiger partial charge in [0.15, 0.2) is 5.11 Å². The van der Waals surface area contributed by atoms with Crippen LogP contribution < -0.4 is 15.0 Å². The van der Waals surface area contributed by atoms with Gasteiger partial charge in [-0.25, -0.2) is 4.39 Å². The van der Waals surface area contributed by atoms with Crippen LogP contribution in [0.2, 0.25) is 0 Å². The molecule has 0 unspecified atom stereocenters. The molecule has 148 valence electrons. The fourth-order valence-corrected chi connectivity index (χ4v) is 3.22. The standard InChI is InChI=1S/C23H15FN2O3S/c24-16-6-4-5-15(13-16)14-20-21(27)25-23(30)26(22(20)28)17-9-11-19(12-10-17)29-18-7-2-1-3-8-18/h1-14H,(H,25,27,30)/b20-14+. The van der Waals surface area contributed by atoms with E-state index in [1.807, 2.05) is 30.3 Å². The third kappa shape index (κ3) is 4.11. The molecule has 0 aromatic heterocycles. The number of hydrogen-bond donors (Lipinski definition) is 1. The Morgan fingerprint density at radius 2 is 1.60 bits per heavy atom. The summed E-state index contributed by atoms with van der Waals surface area (Å²) >= 11 is 5.19. The lowest BCUT2D eigenvalue weighted by molar-refractivity contribution is -0.122. The molecule has 5 nitrogen and oxygen atoms in total. The fraction of sp³-hybridized carbons (Fsp3) is 0. The monoisotopic (exact) mass is 418 g/mol. The molecule has 1 aliphatic heterocycles. The Kier molecular flexibility index (Phi) is 5.36. The number of halogens is 1. The topological polar surface area (TPSA) is 58.6 Å².